The fraction of sp³-hybridized carbons (Fsp3) is 0.565. The smallest absolute Gasteiger partial charge is 0.315 e. The van der Waals surface area contributed by atoms with Crippen LogP contribution in [0.5, 0.6) is 0 Å². The minimum Gasteiger partial charge on any atom is -0.351 e. The van der Waals surface area contributed by atoms with Crippen LogP contribution in [0.15, 0.2) is 42.0 Å². The topological polar surface area (TPSA) is 73.5 Å². The van der Waals surface area contributed by atoms with Gasteiger partial charge in [0.05, 0.1) is 0 Å². The van der Waals surface area contributed by atoms with Crippen LogP contribution in [-0.4, -0.2) is 48.6 Å². The first kappa shape index (κ1) is 22.9. The third-order valence-corrected chi connectivity index (χ3v) is 5.22. The molecule has 3 amide bonds. The third-order valence-electron chi connectivity index (χ3n) is 5.22. The molecule has 1 aromatic rings. The van der Waals surface area contributed by atoms with Crippen LogP contribution in [0.3, 0.4) is 0 Å². The summed E-state index contributed by atoms with van der Waals surface area (Å²) in [6, 6.07) is 9.02. The van der Waals surface area contributed by atoms with Crippen LogP contribution in [0.4, 0.5) is 4.79 Å². The Hall–Kier alpha value is -2.34. The molecule has 3 N–H and O–H groups in total. The van der Waals surface area contributed by atoms with E-state index >= 15 is 0 Å². The molecule has 0 bridgehead atoms. The van der Waals surface area contributed by atoms with Gasteiger partial charge in [0.15, 0.2) is 0 Å². The Morgan fingerprint density at radius 1 is 1.14 bits per heavy atom. The highest BCUT2D eigenvalue weighted by atomic mass is 16.2. The largest absolute Gasteiger partial charge is 0.351 e. The van der Waals surface area contributed by atoms with Gasteiger partial charge in [0.2, 0.25) is 5.91 Å². The van der Waals surface area contributed by atoms with E-state index in [1.807, 2.05) is 44.2 Å². The van der Waals surface area contributed by atoms with Crippen molar-refractivity contribution in [1.29, 1.82) is 0 Å². The third kappa shape index (κ3) is 8.28. The van der Waals surface area contributed by atoms with Gasteiger partial charge in [0.25, 0.3) is 0 Å². The van der Waals surface area contributed by atoms with Crippen LogP contribution in [0.1, 0.15) is 46.1 Å². The lowest BCUT2D eigenvalue weighted by Crippen LogP contribution is -2.55. The molecule has 160 valence electrons. The number of amides is 3. The SMILES string of the molecule is CC(C)=CCN1CCC(NC(=O)C(NC(=O)NCc2ccccc2)C(C)C)CC1. The number of nitrogens with zero attached hydrogens (tertiary/aromatic N) is 1. The molecule has 0 aliphatic carbocycles. The highest BCUT2D eigenvalue weighted by Gasteiger charge is 2.27. The van der Waals surface area contributed by atoms with Crippen LogP contribution in [-0.2, 0) is 11.3 Å². The lowest BCUT2D eigenvalue weighted by molar-refractivity contribution is -0.124. The van der Waals surface area contributed by atoms with Crippen molar-refractivity contribution in [3.8, 4) is 0 Å². The van der Waals surface area contributed by atoms with E-state index in [0.717, 1.165) is 38.0 Å². The monoisotopic (exact) mass is 400 g/mol. The van der Waals surface area contributed by atoms with Gasteiger partial charge in [0.1, 0.15) is 6.04 Å². The van der Waals surface area contributed by atoms with Crippen LogP contribution in [0, 0.1) is 5.92 Å². The predicted octanol–water partition coefficient (Wildman–Crippen LogP) is 3.06. The van der Waals surface area contributed by atoms with Crippen molar-refractivity contribution < 1.29 is 9.59 Å². The molecule has 0 saturated carbocycles. The maximum atomic E-state index is 12.8. The molecule has 1 saturated heterocycles. The minimum absolute atomic E-state index is 0.00947. The number of benzene rings is 1. The summed E-state index contributed by atoms with van der Waals surface area (Å²) in [7, 11) is 0. The second kappa shape index (κ2) is 11.6. The minimum atomic E-state index is -0.547. The Balaban J connectivity index is 1.78. The molecule has 0 radical (unpaired) electrons. The Morgan fingerprint density at radius 3 is 2.38 bits per heavy atom. The number of hydrogen-bond donors (Lipinski definition) is 3. The average molecular weight is 401 g/mol. The fourth-order valence-electron chi connectivity index (χ4n) is 3.37. The molecule has 6 heteroatoms. The van der Waals surface area contributed by atoms with Crippen molar-refractivity contribution in [3.05, 3.63) is 47.5 Å². The van der Waals surface area contributed by atoms with E-state index in [-0.39, 0.29) is 23.9 Å². The van der Waals surface area contributed by atoms with Gasteiger partial charge in [-0.2, -0.15) is 0 Å². The van der Waals surface area contributed by atoms with E-state index in [2.05, 4.69) is 40.8 Å². The molecule has 29 heavy (non-hydrogen) atoms. The predicted molar refractivity (Wildman–Crippen MR) is 117 cm³/mol. The molecule has 0 spiro atoms. The van der Waals surface area contributed by atoms with E-state index in [0.29, 0.717) is 6.54 Å². The molecule has 1 aliphatic heterocycles. The molecule has 1 aromatic carbocycles. The van der Waals surface area contributed by atoms with E-state index in [1.54, 1.807) is 0 Å². The highest BCUT2D eigenvalue weighted by molar-refractivity contribution is 5.87. The first-order chi connectivity index (χ1) is 13.8. The van der Waals surface area contributed by atoms with Crippen LogP contribution in [0.25, 0.3) is 0 Å². The summed E-state index contributed by atoms with van der Waals surface area (Å²) >= 11 is 0. The Labute approximate surface area is 175 Å². The number of nitrogens with one attached hydrogen (secondary N) is 3. The molecule has 1 aliphatic rings. The normalized spacial score (nSPS) is 16.2. The summed E-state index contributed by atoms with van der Waals surface area (Å²) in [4.78, 5) is 27.5. The number of rotatable bonds is 8. The Kier molecular flexibility index (Phi) is 9.19. The number of carbonyl (C=O) groups is 2. The fourth-order valence-corrected chi connectivity index (χ4v) is 3.37. The maximum Gasteiger partial charge on any atom is 0.315 e. The van der Waals surface area contributed by atoms with Crippen molar-refractivity contribution in [2.24, 2.45) is 5.92 Å². The van der Waals surface area contributed by atoms with Crippen molar-refractivity contribution in [2.75, 3.05) is 19.6 Å². The molecule has 1 fully saturated rings. The second-order valence-corrected chi connectivity index (χ2v) is 8.40. The summed E-state index contributed by atoms with van der Waals surface area (Å²) in [5.41, 5.74) is 2.35. The van der Waals surface area contributed by atoms with Crippen molar-refractivity contribution in [2.45, 2.75) is 59.2 Å². The number of piperidine rings is 1. The molecular weight excluding hydrogens is 364 g/mol. The van der Waals surface area contributed by atoms with E-state index in [9.17, 15) is 9.59 Å². The molecule has 1 atom stereocenters. The van der Waals surface area contributed by atoms with Gasteiger partial charge >= 0.3 is 6.03 Å². The number of carbonyl (C=O) groups excluding carboxylic acids is 2. The number of urea groups is 1. The van der Waals surface area contributed by atoms with Crippen molar-refractivity contribution >= 4 is 11.9 Å². The second-order valence-electron chi connectivity index (χ2n) is 8.40. The van der Waals surface area contributed by atoms with Crippen LogP contribution in [0.2, 0.25) is 0 Å². The lowest BCUT2D eigenvalue weighted by Gasteiger charge is -2.33. The van der Waals surface area contributed by atoms with Gasteiger partial charge in [0, 0.05) is 32.2 Å². The lowest BCUT2D eigenvalue weighted by atomic mass is 10.0. The standard InChI is InChI=1S/C23H36N4O2/c1-17(2)10-13-27-14-11-20(12-15-27)25-22(28)21(18(3)4)26-23(29)24-16-19-8-6-5-7-9-19/h5-10,18,20-21H,11-16H2,1-4H3,(H,25,28)(H2,24,26,29). The number of likely N-dealkylation sites (tertiary alicyclic amines) is 1. The number of allylic oxidation sites excluding steroid dienone is 1. The zero-order valence-corrected chi connectivity index (χ0v) is 18.2. The molecule has 0 aromatic heterocycles. The van der Waals surface area contributed by atoms with Gasteiger partial charge in [-0.05, 0) is 38.2 Å². The van der Waals surface area contributed by atoms with Gasteiger partial charge in [-0.1, -0.05) is 55.8 Å². The van der Waals surface area contributed by atoms with Crippen LogP contribution >= 0.6 is 0 Å². The quantitative estimate of drug-likeness (QED) is 0.587. The molecule has 6 nitrogen and oxygen atoms in total. The molecule has 1 unspecified atom stereocenters. The summed E-state index contributed by atoms with van der Waals surface area (Å²) < 4.78 is 0. The average Bonchev–Trinajstić information content (AvgIpc) is 2.70. The van der Waals surface area contributed by atoms with Crippen LogP contribution < -0.4 is 16.0 Å². The maximum absolute atomic E-state index is 12.8. The van der Waals surface area contributed by atoms with Gasteiger partial charge < -0.3 is 16.0 Å². The van der Waals surface area contributed by atoms with E-state index in [4.69, 9.17) is 0 Å². The van der Waals surface area contributed by atoms with Crippen molar-refractivity contribution in [1.82, 2.24) is 20.9 Å². The zero-order valence-electron chi connectivity index (χ0n) is 18.2. The molecular formula is C23H36N4O2. The Bertz CT molecular complexity index is 675. The van der Waals surface area contributed by atoms with Crippen molar-refractivity contribution in [3.63, 3.8) is 0 Å². The summed E-state index contributed by atoms with van der Waals surface area (Å²) in [5, 5.41) is 8.81. The first-order valence-corrected chi connectivity index (χ1v) is 10.6. The zero-order chi connectivity index (χ0) is 21.2. The highest BCUT2D eigenvalue weighted by Crippen LogP contribution is 2.12. The van der Waals surface area contributed by atoms with Gasteiger partial charge in [-0.3, -0.25) is 9.69 Å². The van der Waals surface area contributed by atoms with Gasteiger partial charge in [-0.15, -0.1) is 0 Å². The Morgan fingerprint density at radius 2 is 1.79 bits per heavy atom. The van der Waals surface area contributed by atoms with E-state index < -0.39 is 6.04 Å². The summed E-state index contributed by atoms with van der Waals surface area (Å²) in [6.07, 6.45) is 4.12. The summed E-state index contributed by atoms with van der Waals surface area (Å²) in [5.74, 6) is -0.0900. The first-order valence-electron chi connectivity index (χ1n) is 10.6. The van der Waals surface area contributed by atoms with Gasteiger partial charge in [-0.25, -0.2) is 4.79 Å². The molecule has 1 heterocycles. The summed E-state index contributed by atoms with van der Waals surface area (Å²) in [6.45, 7) is 11.5. The van der Waals surface area contributed by atoms with E-state index in [1.165, 1.54) is 5.57 Å². The molecule has 2 rings (SSSR count). The number of hydrogen-bond acceptors (Lipinski definition) is 3.